The number of hydrogen-bond donors (Lipinski definition) is 1. The van der Waals surface area contributed by atoms with Gasteiger partial charge in [0.15, 0.2) is 0 Å². The highest BCUT2D eigenvalue weighted by Gasteiger charge is 2.23. The Labute approximate surface area is 114 Å². The van der Waals surface area contributed by atoms with Gasteiger partial charge in [-0.1, -0.05) is 13.0 Å². The molecular weight excluding hydrogens is 240 g/mol. The summed E-state index contributed by atoms with van der Waals surface area (Å²) in [6.07, 6.45) is 1.46. The molecule has 4 nitrogen and oxygen atoms in total. The highest BCUT2D eigenvalue weighted by atomic mass is 16.5. The fraction of sp³-hybridized carbons (Fsp3) is 0.533. The first-order valence-corrected chi connectivity index (χ1v) is 6.95. The minimum atomic E-state index is 0.0527. The van der Waals surface area contributed by atoms with E-state index in [-0.39, 0.29) is 5.91 Å². The van der Waals surface area contributed by atoms with Crippen molar-refractivity contribution in [1.82, 2.24) is 0 Å². The zero-order chi connectivity index (χ0) is 13.8. The number of hydrogen-bond acceptors (Lipinski definition) is 3. The van der Waals surface area contributed by atoms with Crippen molar-refractivity contribution in [2.75, 3.05) is 23.4 Å². The summed E-state index contributed by atoms with van der Waals surface area (Å²) in [6.45, 7) is 7.75. The number of benzene rings is 1. The third-order valence-electron chi connectivity index (χ3n) is 3.24. The van der Waals surface area contributed by atoms with Gasteiger partial charge in [0.25, 0.3) is 0 Å². The second-order valence-electron chi connectivity index (χ2n) is 5.08. The van der Waals surface area contributed by atoms with Crippen LogP contribution in [0.3, 0.4) is 0 Å². The van der Waals surface area contributed by atoms with E-state index < -0.39 is 0 Å². The van der Waals surface area contributed by atoms with Gasteiger partial charge in [-0.15, -0.1) is 0 Å². The van der Waals surface area contributed by atoms with E-state index in [1.807, 2.05) is 18.2 Å². The summed E-state index contributed by atoms with van der Waals surface area (Å²) in [4.78, 5) is 14.1. The molecule has 1 amide bonds. The van der Waals surface area contributed by atoms with Gasteiger partial charge in [0.05, 0.1) is 12.3 Å². The highest BCUT2D eigenvalue weighted by molar-refractivity contribution is 5.98. The van der Waals surface area contributed by atoms with E-state index in [1.54, 1.807) is 0 Å². The lowest BCUT2D eigenvalue weighted by molar-refractivity contribution is -0.116. The lowest BCUT2D eigenvalue weighted by Gasteiger charge is -2.28. The Morgan fingerprint density at radius 2 is 2.21 bits per heavy atom. The molecule has 0 spiro atoms. The number of nitrogens with zero attached hydrogens (tertiary/aromatic N) is 1. The zero-order valence-electron chi connectivity index (χ0n) is 11.9. The van der Waals surface area contributed by atoms with Crippen molar-refractivity contribution < 1.29 is 9.53 Å². The van der Waals surface area contributed by atoms with Gasteiger partial charge in [-0.3, -0.25) is 4.79 Å². The average Bonchev–Trinajstić information content (AvgIpc) is 2.55. The van der Waals surface area contributed by atoms with Gasteiger partial charge in [-0.05, 0) is 32.4 Å². The molecule has 4 heteroatoms. The van der Waals surface area contributed by atoms with Crippen molar-refractivity contribution in [3.63, 3.8) is 0 Å². The lowest BCUT2D eigenvalue weighted by Crippen LogP contribution is -2.31. The molecule has 2 rings (SSSR count). The van der Waals surface area contributed by atoms with E-state index in [0.717, 1.165) is 30.1 Å². The third kappa shape index (κ3) is 3.00. The summed E-state index contributed by atoms with van der Waals surface area (Å²) < 4.78 is 5.74. The van der Waals surface area contributed by atoms with Gasteiger partial charge >= 0.3 is 0 Å². The predicted octanol–water partition coefficient (Wildman–Crippen LogP) is 3.03. The molecule has 0 radical (unpaired) electrons. The number of carbonyl (C=O) groups is 1. The fourth-order valence-corrected chi connectivity index (χ4v) is 2.30. The minimum Gasteiger partial charge on any atom is -0.491 e. The van der Waals surface area contributed by atoms with Crippen LogP contribution in [0.4, 0.5) is 11.4 Å². The molecule has 1 aromatic rings. The zero-order valence-corrected chi connectivity index (χ0v) is 11.9. The molecule has 1 aliphatic heterocycles. The molecule has 0 saturated carbocycles. The van der Waals surface area contributed by atoms with Gasteiger partial charge in [-0.2, -0.15) is 0 Å². The Morgan fingerprint density at radius 1 is 1.42 bits per heavy atom. The Bertz CT molecular complexity index is 457. The Balaban J connectivity index is 2.41. The molecule has 19 heavy (non-hydrogen) atoms. The van der Waals surface area contributed by atoms with E-state index in [9.17, 15) is 4.79 Å². The second-order valence-corrected chi connectivity index (χ2v) is 5.08. The number of rotatable bonds is 4. The van der Waals surface area contributed by atoms with Crippen LogP contribution >= 0.6 is 0 Å². The third-order valence-corrected chi connectivity index (χ3v) is 3.24. The molecular formula is C15H22N2O2. The standard InChI is InChI=1S/C15H22N2O2/c1-4-10-19-13-7-5-6-12-15(13)16-14(18)8-9-17(12)11(2)3/h5-7,11H,4,8-10H2,1-3H3,(H,16,18). The molecule has 1 aromatic carbocycles. The Hall–Kier alpha value is -1.71. The number of ether oxygens (including phenoxy) is 1. The smallest absolute Gasteiger partial charge is 0.226 e. The van der Waals surface area contributed by atoms with Crippen molar-refractivity contribution in [2.45, 2.75) is 39.7 Å². The summed E-state index contributed by atoms with van der Waals surface area (Å²) in [5, 5.41) is 2.98. The van der Waals surface area contributed by atoms with Crippen LogP contribution in [0.25, 0.3) is 0 Å². The second kappa shape index (κ2) is 5.95. The summed E-state index contributed by atoms with van der Waals surface area (Å²) in [5.74, 6) is 0.817. The molecule has 104 valence electrons. The maximum absolute atomic E-state index is 11.8. The van der Waals surface area contributed by atoms with Gasteiger partial charge < -0.3 is 15.0 Å². The summed E-state index contributed by atoms with van der Waals surface area (Å²) in [7, 11) is 0. The van der Waals surface area contributed by atoms with Crippen LogP contribution in [0.15, 0.2) is 18.2 Å². The van der Waals surface area contributed by atoms with E-state index >= 15 is 0 Å². The summed E-state index contributed by atoms with van der Waals surface area (Å²) in [6, 6.07) is 6.29. The van der Waals surface area contributed by atoms with Crippen molar-refractivity contribution in [1.29, 1.82) is 0 Å². The molecule has 0 aromatic heterocycles. The number of nitrogens with one attached hydrogen (secondary N) is 1. The van der Waals surface area contributed by atoms with Gasteiger partial charge in [0.2, 0.25) is 5.91 Å². The van der Waals surface area contributed by atoms with Gasteiger partial charge in [0.1, 0.15) is 11.4 Å². The maximum atomic E-state index is 11.8. The quantitative estimate of drug-likeness (QED) is 0.906. The largest absolute Gasteiger partial charge is 0.491 e. The lowest BCUT2D eigenvalue weighted by atomic mass is 10.2. The molecule has 0 fully saturated rings. The molecule has 0 atom stereocenters. The van der Waals surface area contributed by atoms with Crippen molar-refractivity contribution in [3.05, 3.63) is 18.2 Å². The van der Waals surface area contributed by atoms with Crippen LogP contribution in [0.1, 0.15) is 33.6 Å². The van der Waals surface area contributed by atoms with E-state index in [4.69, 9.17) is 4.74 Å². The average molecular weight is 262 g/mol. The molecule has 0 saturated heterocycles. The fourth-order valence-electron chi connectivity index (χ4n) is 2.30. The number of anilines is 2. The number of fused-ring (bicyclic) bond motifs is 1. The SMILES string of the molecule is CCCOc1cccc2c1NC(=O)CCN2C(C)C. The van der Waals surface area contributed by atoms with Crippen LogP contribution in [-0.2, 0) is 4.79 Å². The molecule has 1 aliphatic rings. The first-order valence-electron chi connectivity index (χ1n) is 6.95. The van der Waals surface area contributed by atoms with E-state index in [0.29, 0.717) is 19.1 Å². The number of carbonyl (C=O) groups excluding carboxylic acids is 1. The predicted molar refractivity (Wildman–Crippen MR) is 78.0 cm³/mol. The molecule has 0 bridgehead atoms. The van der Waals surface area contributed by atoms with Gasteiger partial charge in [-0.25, -0.2) is 0 Å². The maximum Gasteiger partial charge on any atom is 0.226 e. The summed E-state index contributed by atoms with van der Waals surface area (Å²) in [5.41, 5.74) is 1.86. The van der Waals surface area contributed by atoms with E-state index in [1.165, 1.54) is 0 Å². The molecule has 0 aliphatic carbocycles. The van der Waals surface area contributed by atoms with Gasteiger partial charge in [0, 0.05) is 19.0 Å². The summed E-state index contributed by atoms with van der Waals surface area (Å²) >= 11 is 0. The van der Waals surface area contributed by atoms with Crippen LogP contribution in [0, 0.1) is 0 Å². The molecule has 0 unspecified atom stereocenters. The van der Waals surface area contributed by atoms with Crippen LogP contribution in [0.5, 0.6) is 5.75 Å². The molecule has 1 heterocycles. The van der Waals surface area contributed by atoms with E-state index in [2.05, 4.69) is 31.0 Å². The first-order chi connectivity index (χ1) is 9.13. The minimum absolute atomic E-state index is 0.0527. The Morgan fingerprint density at radius 3 is 2.89 bits per heavy atom. The first kappa shape index (κ1) is 13.7. The van der Waals surface area contributed by atoms with Crippen LogP contribution in [-0.4, -0.2) is 25.1 Å². The van der Waals surface area contributed by atoms with Crippen molar-refractivity contribution >= 4 is 17.3 Å². The topological polar surface area (TPSA) is 41.6 Å². The normalized spacial score (nSPS) is 14.9. The van der Waals surface area contributed by atoms with Crippen molar-refractivity contribution in [3.8, 4) is 5.75 Å². The van der Waals surface area contributed by atoms with Crippen LogP contribution in [0.2, 0.25) is 0 Å². The highest BCUT2D eigenvalue weighted by Crippen LogP contribution is 2.37. The number of para-hydroxylation sites is 1. The van der Waals surface area contributed by atoms with Crippen molar-refractivity contribution in [2.24, 2.45) is 0 Å². The number of amides is 1. The Kier molecular flexibility index (Phi) is 4.30. The monoisotopic (exact) mass is 262 g/mol. The van der Waals surface area contributed by atoms with Crippen LogP contribution < -0.4 is 15.0 Å². The molecule has 1 N–H and O–H groups in total.